The second-order valence-corrected chi connectivity index (χ2v) is 3.63. The Morgan fingerprint density at radius 2 is 1.94 bits per heavy atom. The number of anilines is 1. The van der Waals surface area contributed by atoms with Crippen LogP contribution in [0.2, 0.25) is 0 Å². The summed E-state index contributed by atoms with van der Waals surface area (Å²) in [7, 11) is 0. The highest BCUT2D eigenvalue weighted by Crippen LogP contribution is 2.22. The molecule has 16 heavy (non-hydrogen) atoms. The van der Waals surface area contributed by atoms with E-state index in [4.69, 9.17) is 0 Å². The first-order valence-corrected chi connectivity index (χ1v) is 4.83. The predicted octanol–water partition coefficient (Wildman–Crippen LogP) is 3.47. The molecule has 1 heterocycles. The van der Waals surface area contributed by atoms with E-state index < -0.39 is 11.2 Å². The number of alkyl halides is 3. The molecule has 2 rings (SSSR count). The SMILES string of the molecule is FC(F)(F)C(=S)Nc1cc2ccccc2[nH]1. The van der Waals surface area contributed by atoms with Crippen molar-refractivity contribution in [3.8, 4) is 0 Å². The fourth-order valence-corrected chi connectivity index (χ4v) is 1.44. The van der Waals surface area contributed by atoms with Crippen molar-refractivity contribution in [2.24, 2.45) is 0 Å². The highest BCUT2D eigenvalue weighted by Gasteiger charge is 2.34. The summed E-state index contributed by atoms with van der Waals surface area (Å²) in [4.78, 5) is 1.65. The van der Waals surface area contributed by atoms with Crippen molar-refractivity contribution in [2.75, 3.05) is 5.32 Å². The summed E-state index contributed by atoms with van der Waals surface area (Å²) in [6, 6.07) is 8.75. The lowest BCUT2D eigenvalue weighted by Gasteiger charge is -2.08. The first kappa shape index (κ1) is 10.9. The summed E-state index contributed by atoms with van der Waals surface area (Å²) < 4.78 is 36.5. The molecule has 2 N–H and O–H groups in total. The fourth-order valence-electron chi connectivity index (χ4n) is 1.33. The first-order valence-electron chi connectivity index (χ1n) is 4.43. The number of hydrogen-bond donors (Lipinski definition) is 2. The molecule has 0 amide bonds. The van der Waals surface area contributed by atoms with Gasteiger partial charge in [0.1, 0.15) is 5.82 Å². The molecule has 0 fully saturated rings. The van der Waals surface area contributed by atoms with E-state index in [0.29, 0.717) is 0 Å². The molecule has 0 spiro atoms. The van der Waals surface area contributed by atoms with Gasteiger partial charge in [-0.15, -0.1) is 0 Å². The number of halogens is 3. The van der Waals surface area contributed by atoms with Gasteiger partial charge in [0.15, 0.2) is 4.99 Å². The molecule has 6 heteroatoms. The number of rotatable bonds is 1. The van der Waals surface area contributed by atoms with Crippen LogP contribution in [0, 0.1) is 0 Å². The molecule has 0 saturated heterocycles. The molecule has 2 nitrogen and oxygen atoms in total. The average molecular weight is 244 g/mol. The summed E-state index contributed by atoms with van der Waals surface area (Å²) in [6.07, 6.45) is -4.51. The minimum absolute atomic E-state index is 0.239. The van der Waals surface area contributed by atoms with E-state index in [1.54, 1.807) is 24.3 Å². The molecule has 0 unspecified atom stereocenters. The lowest BCUT2D eigenvalue weighted by Crippen LogP contribution is -2.28. The zero-order chi connectivity index (χ0) is 11.8. The van der Waals surface area contributed by atoms with Gasteiger partial charge in [-0.1, -0.05) is 30.4 Å². The molecule has 1 aromatic carbocycles. The Bertz CT molecular complexity index is 497. The molecular formula is C10H7F3N2S. The number of nitrogens with one attached hydrogen (secondary N) is 2. The molecule has 0 saturated carbocycles. The van der Waals surface area contributed by atoms with Gasteiger partial charge in [0, 0.05) is 10.9 Å². The van der Waals surface area contributed by atoms with Crippen molar-refractivity contribution in [1.29, 1.82) is 0 Å². The van der Waals surface area contributed by atoms with Gasteiger partial charge in [-0.2, -0.15) is 13.2 Å². The van der Waals surface area contributed by atoms with Crippen LogP contribution in [-0.2, 0) is 0 Å². The quantitative estimate of drug-likeness (QED) is 0.752. The molecule has 0 radical (unpaired) electrons. The monoisotopic (exact) mass is 244 g/mol. The maximum atomic E-state index is 12.2. The number of fused-ring (bicyclic) bond motifs is 1. The first-order chi connectivity index (χ1) is 7.47. The van der Waals surface area contributed by atoms with Crippen molar-refractivity contribution in [3.05, 3.63) is 30.3 Å². The van der Waals surface area contributed by atoms with Crippen LogP contribution in [0.15, 0.2) is 30.3 Å². The molecule has 0 aliphatic heterocycles. The number of H-pyrrole nitrogens is 1. The summed E-state index contributed by atoms with van der Waals surface area (Å²) in [6.45, 7) is 0. The Kier molecular flexibility index (Phi) is 2.59. The van der Waals surface area contributed by atoms with Gasteiger partial charge in [0.05, 0.1) is 0 Å². The summed E-state index contributed by atoms with van der Waals surface area (Å²) >= 11 is 4.22. The smallest absolute Gasteiger partial charge is 0.341 e. The van der Waals surface area contributed by atoms with E-state index >= 15 is 0 Å². The van der Waals surface area contributed by atoms with E-state index in [1.165, 1.54) is 0 Å². The third-order valence-electron chi connectivity index (χ3n) is 2.04. The molecule has 0 aliphatic rings. The summed E-state index contributed by atoms with van der Waals surface area (Å²) in [5, 5.41) is 2.95. The van der Waals surface area contributed by atoms with E-state index in [2.05, 4.69) is 22.5 Å². The van der Waals surface area contributed by atoms with Gasteiger partial charge in [-0.3, -0.25) is 0 Å². The predicted molar refractivity (Wildman–Crippen MR) is 60.6 cm³/mol. The number of hydrogen-bond acceptors (Lipinski definition) is 1. The van der Waals surface area contributed by atoms with Crippen LogP contribution >= 0.6 is 12.2 Å². The van der Waals surface area contributed by atoms with Crippen LogP contribution in [0.4, 0.5) is 19.0 Å². The summed E-state index contributed by atoms with van der Waals surface area (Å²) in [5.74, 6) is 0.239. The van der Waals surface area contributed by atoms with Crippen molar-refractivity contribution in [2.45, 2.75) is 6.18 Å². The van der Waals surface area contributed by atoms with Crippen LogP contribution in [0.1, 0.15) is 0 Å². The van der Waals surface area contributed by atoms with E-state index in [0.717, 1.165) is 10.9 Å². The Hall–Kier alpha value is -1.56. The third kappa shape index (κ3) is 2.16. The largest absolute Gasteiger partial charge is 0.441 e. The third-order valence-corrected chi connectivity index (χ3v) is 2.37. The normalized spacial score (nSPS) is 11.7. The van der Waals surface area contributed by atoms with Gasteiger partial charge in [0.25, 0.3) is 0 Å². The molecular weight excluding hydrogens is 237 g/mol. The molecule has 0 atom stereocenters. The van der Waals surface area contributed by atoms with E-state index in [9.17, 15) is 13.2 Å². The van der Waals surface area contributed by atoms with Crippen molar-refractivity contribution >= 4 is 33.9 Å². The maximum absolute atomic E-state index is 12.2. The fraction of sp³-hybridized carbons (Fsp3) is 0.100. The lowest BCUT2D eigenvalue weighted by atomic mass is 10.2. The lowest BCUT2D eigenvalue weighted by molar-refractivity contribution is -0.0562. The van der Waals surface area contributed by atoms with Gasteiger partial charge in [-0.25, -0.2) is 0 Å². The topological polar surface area (TPSA) is 27.8 Å². The number of benzene rings is 1. The molecule has 84 valence electrons. The molecule has 0 aliphatic carbocycles. The highest BCUT2D eigenvalue weighted by atomic mass is 32.1. The zero-order valence-corrected chi connectivity index (χ0v) is 8.75. The number of aromatic amines is 1. The maximum Gasteiger partial charge on any atom is 0.441 e. The second kappa shape index (κ2) is 3.79. The van der Waals surface area contributed by atoms with Crippen LogP contribution in [-0.4, -0.2) is 16.1 Å². The van der Waals surface area contributed by atoms with Gasteiger partial charge in [0.2, 0.25) is 0 Å². The van der Waals surface area contributed by atoms with Crippen LogP contribution < -0.4 is 5.32 Å². The Balaban J connectivity index is 2.25. The molecule has 2 aromatic rings. The Labute approximate surface area is 94.5 Å². The number of aromatic nitrogens is 1. The number of para-hydroxylation sites is 1. The highest BCUT2D eigenvalue weighted by molar-refractivity contribution is 7.80. The minimum atomic E-state index is -4.51. The molecule has 1 aromatic heterocycles. The van der Waals surface area contributed by atoms with Crippen molar-refractivity contribution in [1.82, 2.24) is 4.98 Å². The standard InChI is InChI=1S/C10H7F3N2S/c11-10(12,13)9(16)15-8-5-6-3-1-2-4-7(6)14-8/h1-5,14H,(H,15,16). The Morgan fingerprint density at radius 3 is 2.56 bits per heavy atom. The van der Waals surface area contributed by atoms with E-state index in [-0.39, 0.29) is 5.82 Å². The van der Waals surface area contributed by atoms with Crippen LogP contribution in [0.3, 0.4) is 0 Å². The minimum Gasteiger partial charge on any atom is -0.341 e. The zero-order valence-electron chi connectivity index (χ0n) is 7.93. The van der Waals surface area contributed by atoms with Crippen LogP contribution in [0.5, 0.6) is 0 Å². The van der Waals surface area contributed by atoms with Crippen molar-refractivity contribution in [3.63, 3.8) is 0 Å². The van der Waals surface area contributed by atoms with Gasteiger partial charge in [-0.05, 0) is 12.1 Å². The Morgan fingerprint density at radius 1 is 1.25 bits per heavy atom. The van der Waals surface area contributed by atoms with Gasteiger partial charge < -0.3 is 10.3 Å². The van der Waals surface area contributed by atoms with Gasteiger partial charge >= 0.3 is 6.18 Å². The second-order valence-electron chi connectivity index (χ2n) is 3.22. The molecule has 0 bridgehead atoms. The summed E-state index contributed by atoms with van der Waals surface area (Å²) in [5.41, 5.74) is 0.759. The van der Waals surface area contributed by atoms with Crippen LogP contribution in [0.25, 0.3) is 10.9 Å². The average Bonchev–Trinajstić information content (AvgIpc) is 2.58. The van der Waals surface area contributed by atoms with E-state index in [1.807, 2.05) is 6.07 Å². The number of thiocarbonyl (C=S) groups is 1. The van der Waals surface area contributed by atoms with Crippen molar-refractivity contribution < 1.29 is 13.2 Å².